The van der Waals surface area contributed by atoms with E-state index in [1.54, 1.807) is 6.07 Å². The standard InChI is InChI=1S/C13H17FO3/c1-2-3-7-17-13(16)9-12(15)10-5-4-6-11(14)8-10/h4-6,8,12,15H,2-3,7,9H2,1H3. The van der Waals surface area contributed by atoms with E-state index in [9.17, 15) is 14.3 Å². The summed E-state index contributed by atoms with van der Waals surface area (Å²) in [4.78, 5) is 11.3. The zero-order valence-electron chi connectivity index (χ0n) is 9.86. The molecule has 1 unspecified atom stereocenters. The van der Waals surface area contributed by atoms with Crippen LogP contribution in [0, 0.1) is 5.82 Å². The van der Waals surface area contributed by atoms with Crippen LogP contribution in [-0.4, -0.2) is 17.7 Å². The molecular formula is C13H17FO3. The Bertz CT molecular complexity index is 365. The second kappa shape index (κ2) is 7.01. The summed E-state index contributed by atoms with van der Waals surface area (Å²) in [5.74, 6) is -0.892. The van der Waals surface area contributed by atoms with Crippen molar-refractivity contribution in [2.24, 2.45) is 0 Å². The maximum atomic E-state index is 12.9. The molecule has 1 aromatic rings. The first kappa shape index (κ1) is 13.6. The number of rotatable bonds is 6. The van der Waals surface area contributed by atoms with Crippen LogP contribution in [0.5, 0.6) is 0 Å². The molecule has 0 saturated heterocycles. The highest BCUT2D eigenvalue weighted by Crippen LogP contribution is 2.17. The fourth-order valence-electron chi connectivity index (χ4n) is 1.38. The van der Waals surface area contributed by atoms with E-state index in [1.165, 1.54) is 18.2 Å². The van der Waals surface area contributed by atoms with Crippen molar-refractivity contribution in [2.45, 2.75) is 32.3 Å². The number of hydrogen-bond donors (Lipinski definition) is 1. The van der Waals surface area contributed by atoms with Crippen LogP contribution < -0.4 is 0 Å². The molecule has 0 saturated carbocycles. The minimum absolute atomic E-state index is 0.146. The van der Waals surface area contributed by atoms with E-state index in [4.69, 9.17) is 4.74 Å². The van der Waals surface area contributed by atoms with E-state index >= 15 is 0 Å². The largest absolute Gasteiger partial charge is 0.466 e. The number of ether oxygens (including phenoxy) is 1. The number of hydrogen-bond acceptors (Lipinski definition) is 3. The Labute approximate surface area is 100 Å². The van der Waals surface area contributed by atoms with Crippen molar-refractivity contribution in [3.05, 3.63) is 35.6 Å². The molecule has 0 heterocycles. The normalized spacial score (nSPS) is 12.2. The lowest BCUT2D eigenvalue weighted by atomic mass is 10.1. The van der Waals surface area contributed by atoms with Crippen molar-refractivity contribution >= 4 is 5.97 Å². The zero-order chi connectivity index (χ0) is 12.7. The summed E-state index contributed by atoms with van der Waals surface area (Å²) >= 11 is 0. The van der Waals surface area contributed by atoms with E-state index in [2.05, 4.69) is 0 Å². The number of halogens is 1. The second-order valence-electron chi connectivity index (χ2n) is 3.85. The number of aliphatic hydroxyl groups is 1. The summed E-state index contributed by atoms with van der Waals surface area (Å²) < 4.78 is 17.8. The molecule has 0 aliphatic heterocycles. The lowest BCUT2D eigenvalue weighted by Crippen LogP contribution is -2.11. The van der Waals surface area contributed by atoms with Crippen molar-refractivity contribution in [1.82, 2.24) is 0 Å². The molecule has 1 N–H and O–H groups in total. The molecule has 0 radical (unpaired) electrons. The Morgan fingerprint density at radius 1 is 1.53 bits per heavy atom. The SMILES string of the molecule is CCCCOC(=O)CC(O)c1cccc(F)c1. The second-order valence-corrected chi connectivity index (χ2v) is 3.85. The van der Waals surface area contributed by atoms with Crippen LogP contribution in [-0.2, 0) is 9.53 Å². The first-order valence-corrected chi connectivity index (χ1v) is 5.72. The molecule has 0 bridgehead atoms. The summed E-state index contributed by atoms with van der Waals surface area (Å²) in [5, 5.41) is 9.70. The molecule has 4 heteroatoms. The molecule has 1 aromatic carbocycles. The number of carbonyl (C=O) groups is 1. The Morgan fingerprint density at radius 3 is 2.94 bits per heavy atom. The third-order valence-corrected chi connectivity index (χ3v) is 2.35. The third-order valence-electron chi connectivity index (χ3n) is 2.35. The van der Waals surface area contributed by atoms with Crippen LogP contribution in [0.3, 0.4) is 0 Å². The number of esters is 1. The summed E-state index contributed by atoms with van der Waals surface area (Å²) in [6.45, 7) is 2.36. The number of carbonyl (C=O) groups excluding carboxylic acids is 1. The van der Waals surface area contributed by atoms with Gasteiger partial charge in [-0.2, -0.15) is 0 Å². The Morgan fingerprint density at radius 2 is 2.29 bits per heavy atom. The molecule has 94 valence electrons. The predicted molar refractivity (Wildman–Crippen MR) is 61.8 cm³/mol. The van der Waals surface area contributed by atoms with E-state index in [1.807, 2.05) is 6.92 Å². The minimum atomic E-state index is -1.01. The minimum Gasteiger partial charge on any atom is -0.466 e. The molecule has 3 nitrogen and oxygen atoms in total. The van der Waals surface area contributed by atoms with Gasteiger partial charge in [-0.25, -0.2) is 4.39 Å². The molecule has 0 fully saturated rings. The van der Waals surface area contributed by atoms with Gasteiger partial charge in [0.25, 0.3) is 0 Å². The van der Waals surface area contributed by atoms with Crippen molar-refractivity contribution in [3.8, 4) is 0 Å². The molecule has 0 spiro atoms. The lowest BCUT2D eigenvalue weighted by molar-refractivity contribution is -0.146. The van der Waals surface area contributed by atoms with E-state index in [0.29, 0.717) is 12.2 Å². The summed E-state index contributed by atoms with van der Waals surface area (Å²) in [6, 6.07) is 5.57. The van der Waals surface area contributed by atoms with Crippen molar-refractivity contribution < 1.29 is 19.0 Å². The van der Waals surface area contributed by atoms with Gasteiger partial charge in [-0.1, -0.05) is 25.5 Å². The van der Waals surface area contributed by atoms with Crippen molar-refractivity contribution in [3.63, 3.8) is 0 Å². The molecule has 1 atom stereocenters. The molecule has 0 aliphatic carbocycles. The Balaban J connectivity index is 2.43. The molecule has 0 aromatic heterocycles. The fourth-order valence-corrected chi connectivity index (χ4v) is 1.38. The van der Waals surface area contributed by atoms with Gasteiger partial charge in [0.1, 0.15) is 5.82 Å². The van der Waals surface area contributed by atoms with Gasteiger partial charge in [-0.15, -0.1) is 0 Å². The van der Waals surface area contributed by atoms with Crippen molar-refractivity contribution in [2.75, 3.05) is 6.61 Å². The van der Waals surface area contributed by atoms with Gasteiger partial charge < -0.3 is 9.84 Å². The van der Waals surface area contributed by atoms with E-state index < -0.39 is 17.9 Å². The van der Waals surface area contributed by atoms with Crippen LogP contribution in [0.4, 0.5) is 4.39 Å². The van der Waals surface area contributed by atoms with Gasteiger partial charge in [0.15, 0.2) is 0 Å². The molecule has 17 heavy (non-hydrogen) atoms. The van der Waals surface area contributed by atoms with Gasteiger partial charge in [0.2, 0.25) is 0 Å². The number of unbranched alkanes of at least 4 members (excludes halogenated alkanes) is 1. The molecular weight excluding hydrogens is 223 g/mol. The summed E-state index contributed by atoms with van der Waals surface area (Å²) in [5.41, 5.74) is 0.387. The third kappa shape index (κ3) is 4.95. The Kier molecular flexibility index (Phi) is 5.63. The van der Waals surface area contributed by atoms with Crippen LogP contribution in [0.15, 0.2) is 24.3 Å². The monoisotopic (exact) mass is 240 g/mol. The van der Waals surface area contributed by atoms with Gasteiger partial charge in [0, 0.05) is 0 Å². The quantitative estimate of drug-likeness (QED) is 0.614. The number of benzene rings is 1. The van der Waals surface area contributed by atoms with Gasteiger partial charge in [-0.05, 0) is 24.1 Å². The Hall–Kier alpha value is -1.42. The molecule has 0 aliphatic rings. The first-order valence-electron chi connectivity index (χ1n) is 5.72. The van der Waals surface area contributed by atoms with Crippen molar-refractivity contribution in [1.29, 1.82) is 0 Å². The first-order chi connectivity index (χ1) is 8.13. The highest BCUT2D eigenvalue weighted by Gasteiger charge is 2.14. The average molecular weight is 240 g/mol. The van der Waals surface area contributed by atoms with Crippen LogP contribution in [0.1, 0.15) is 37.9 Å². The van der Waals surface area contributed by atoms with E-state index in [0.717, 1.165) is 12.8 Å². The topological polar surface area (TPSA) is 46.5 Å². The lowest BCUT2D eigenvalue weighted by Gasteiger charge is -2.10. The summed E-state index contributed by atoms with van der Waals surface area (Å²) in [7, 11) is 0. The maximum absolute atomic E-state index is 12.9. The fraction of sp³-hybridized carbons (Fsp3) is 0.462. The van der Waals surface area contributed by atoms with Gasteiger partial charge in [-0.3, -0.25) is 4.79 Å². The number of aliphatic hydroxyl groups excluding tert-OH is 1. The zero-order valence-corrected chi connectivity index (χ0v) is 9.86. The molecule has 1 rings (SSSR count). The predicted octanol–water partition coefficient (Wildman–Crippen LogP) is 2.59. The average Bonchev–Trinajstić information content (AvgIpc) is 2.29. The van der Waals surface area contributed by atoms with Crippen LogP contribution in [0.2, 0.25) is 0 Å². The highest BCUT2D eigenvalue weighted by molar-refractivity contribution is 5.70. The van der Waals surface area contributed by atoms with Crippen LogP contribution >= 0.6 is 0 Å². The molecule has 0 amide bonds. The van der Waals surface area contributed by atoms with Crippen LogP contribution in [0.25, 0.3) is 0 Å². The van der Waals surface area contributed by atoms with Gasteiger partial charge in [0.05, 0.1) is 19.1 Å². The van der Waals surface area contributed by atoms with E-state index in [-0.39, 0.29) is 6.42 Å². The smallest absolute Gasteiger partial charge is 0.308 e. The maximum Gasteiger partial charge on any atom is 0.308 e. The highest BCUT2D eigenvalue weighted by atomic mass is 19.1. The van der Waals surface area contributed by atoms with Gasteiger partial charge >= 0.3 is 5.97 Å². The summed E-state index contributed by atoms with van der Waals surface area (Å²) in [6.07, 6.45) is 0.592.